The van der Waals surface area contributed by atoms with Gasteiger partial charge in [0.1, 0.15) is 10.4 Å². The topological polar surface area (TPSA) is 9.23 Å². The average Bonchev–Trinajstić information content (AvgIpc) is 2.27. The molecule has 0 aliphatic heterocycles. The van der Waals surface area contributed by atoms with Gasteiger partial charge in [-0.05, 0) is 30.6 Å². The van der Waals surface area contributed by atoms with E-state index in [1.807, 2.05) is 37.3 Å². The Bertz CT molecular complexity index is 412. The molecule has 0 saturated heterocycles. The van der Waals surface area contributed by atoms with Gasteiger partial charge in [-0.1, -0.05) is 51.1 Å². The predicted molar refractivity (Wildman–Crippen MR) is 87.6 cm³/mol. The van der Waals surface area contributed by atoms with Crippen LogP contribution in [0.25, 0.3) is 0 Å². The standard InChI is InChI=1S/C15H24Cl2OSi/c1-14(2,3)19(5,6)18-15(4,13(16)17)12-10-8-7-9-11-12/h7-11,13H,1-6H3/t15-/m0/s1. The van der Waals surface area contributed by atoms with Crippen molar-refractivity contribution in [3.63, 3.8) is 0 Å². The smallest absolute Gasteiger partial charge is 0.193 e. The second kappa shape index (κ2) is 5.77. The van der Waals surface area contributed by atoms with Gasteiger partial charge in [0.15, 0.2) is 8.32 Å². The Labute approximate surface area is 128 Å². The lowest BCUT2D eigenvalue weighted by atomic mass is 9.98. The molecule has 0 spiro atoms. The minimum absolute atomic E-state index is 0.117. The van der Waals surface area contributed by atoms with Crippen molar-refractivity contribution >= 4 is 31.5 Å². The van der Waals surface area contributed by atoms with Gasteiger partial charge in [-0.2, -0.15) is 0 Å². The molecule has 0 aliphatic carbocycles. The monoisotopic (exact) mass is 318 g/mol. The van der Waals surface area contributed by atoms with Gasteiger partial charge in [0, 0.05) is 0 Å². The van der Waals surface area contributed by atoms with Crippen LogP contribution in [0.1, 0.15) is 33.3 Å². The van der Waals surface area contributed by atoms with E-state index in [0.29, 0.717) is 0 Å². The molecule has 1 rings (SSSR count). The highest BCUT2D eigenvalue weighted by molar-refractivity contribution is 6.74. The minimum Gasteiger partial charge on any atom is -0.405 e. The highest BCUT2D eigenvalue weighted by Crippen LogP contribution is 2.44. The number of rotatable bonds is 4. The first-order chi connectivity index (χ1) is 8.51. The molecule has 19 heavy (non-hydrogen) atoms. The third-order valence-electron chi connectivity index (χ3n) is 4.04. The van der Waals surface area contributed by atoms with Crippen LogP contribution in [-0.2, 0) is 10.0 Å². The second-order valence-electron chi connectivity index (χ2n) is 6.64. The fourth-order valence-corrected chi connectivity index (χ4v) is 3.77. The number of alkyl halides is 2. The number of halogens is 2. The van der Waals surface area contributed by atoms with Crippen molar-refractivity contribution in [1.82, 2.24) is 0 Å². The van der Waals surface area contributed by atoms with Crippen molar-refractivity contribution in [2.75, 3.05) is 0 Å². The first-order valence-corrected chi connectivity index (χ1v) is 10.3. The van der Waals surface area contributed by atoms with Gasteiger partial charge in [-0.3, -0.25) is 0 Å². The molecule has 1 atom stereocenters. The number of hydrogen-bond acceptors (Lipinski definition) is 1. The van der Waals surface area contributed by atoms with Crippen LogP contribution < -0.4 is 0 Å². The Morgan fingerprint density at radius 2 is 1.47 bits per heavy atom. The van der Waals surface area contributed by atoms with E-state index in [0.717, 1.165) is 5.56 Å². The van der Waals surface area contributed by atoms with Crippen LogP contribution in [0.4, 0.5) is 0 Å². The van der Waals surface area contributed by atoms with Gasteiger partial charge >= 0.3 is 0 Å². The molecule has 0 N–H and O–H groups in total. The Kier molecular flexibility index (Phi) is 5.17. The fourth-order valence-electron chi connectivity index (χ4n) is 1.68. The van der Waals surface area contributed by atoms with E-state index >= 15 is 0 Å². The molecule has 1 aromatic rings. The average molecular weight is 319 g/mol. The second-order valence-corrected chi connectivity index (χ2v) is 12.5. The van der Waals surface area contributed by atoms with E-state index in [9.17, 15) is 0 Å². The van der Waals surface area contributed by atoms with Gasteiger partial charge in [0.25, 0.3) is 0 Å². The van der Waals surface area contributed by atoms with Gasteiger partial charge in [-0.25, -0.2) is 0 Å². The molecule has 0 radical (unpaired) electrons. The van der Waals surface area contributed by atoms with Crippen molar-refractivity contribution in [1.29, 1.82) is 0 Å². The molecule has 0 aromatic heterocycles. The van der Waals surface area contributed by atoms with E-state index in [1.165, 1.54) is 0 Å². The van der Waals surface area contributed by atoms with Crippen molar-refractivity contribution in [3.05, 3.63) is 35.9 Å². The summed E-state index contributed by atoms with van der Waals surface area (Å²) < 4.78 is 6.51. The molecule has 0 heterocycles. The van der Waals surface area contributed by atoms with E-state index in [-0.39, 0.29) is 5.04 Å². The summed E-state index contributed by atoms with van der Waals surface area (Å²) in [7, 11) is -1.95. The molecular weight excluding hydrogens is 295 g/mol. The largest absolute Gasteiger partial charge is 0.405 e. The summed E-state index contributed by atoms with van der Waals surface area (Å²) in [6.07, 6.45) is 0. The maximum Gasteiger partial charge on any atom is 0.193 e. The Hall–Kier alpha value is -0.0231. The summed E-state index contributed by atoms with van der Waals surface area (Å²) in [6, 6.07) is 9.99. The zero-order valence-corrected chi connectivity index (χ0v) is 15.1. The van der Waals surface area contributed by atoms with Crippen LogP contribution in [0.5, 0.6) is 0 Å². The SMILES string of the molecule is CC(C)(C)[Si](C)(C)O[C@@](C)(c1ccccc1)C(Cl)Cl. The summed E-state index contributed by atoms with van der Waals surface area (Å²) in [5, 5.41) is 0.117. The van der Waals surface area contributed by atoms with E-state index < -0.39 is 18.8 Å². The van der Waals surface area contributed by atoms with Crippen LogP contribution in [0, 0.1) is 0 Å². The van der Waals surface area contributed by atoms with Crippen molar-refractivity contribution in [3.8, 4) is 0 Å². The molecule has 1 nitrogen and oxygen atoms in total. The quantitative estimate of drug-likeness (QED) is 0.509. The molecule has 0 unspecified atom stereocenters. The summed E-state index contributed by atoms with van der Waals surface area (Å²) in [5.74, 6) is 0. The first kappa shape index (κ1) is 17.0. The zero-order valence-electron chi connectivity index (χ0n) is 12.6. The highest BCUT2D eigenvalue weighted by atomic mass is 35.5. The molecule has 0 saturated carbocycles. The number of benzene rings is 1. The van der Waals surface area contributed by atoms with E-state index in [1.54, 1.807) is 0 Å². The minimum atomic E-state index is -1.95. The molecule has 0 amide bonds. The fraction of sp³-hybridized carbons (Fsp3) is 0.600. The van der Waals surface area contributed by atoms with Gasteiger partial charge in [-0.15, -0.1) is 23.2 Å². The summed E-state index contributed by atoms with van der Waals surface area (Å²) in [4.78, 5) is -0.607. The van der Waals surface area contributed by atoms with Crippen molar-refractivity contribution in [2.24, 2.45) is 0 Å². The van der Waals surface area contributed by atoms with Crippen molar-refractivity contribution < 1.29 is 4.43 Å². The highest BCUT2D eigenvalue weighted by Gasteiger charge is 2.46. The maximum absolute atomic E-state index is 6.51. The molecule has 1 aromatic carbocycles. The van der Waals surface area contributed by atoms with Crippen LogP contribution in [0.3, 0.4) is 0 Å². The van der Waals surface area contributed by atoms with E-state index in [4.69, 9.17) is 27.6 Å². The van der Waals surface area contributed by atoms with Crippen LogP contribution >= 0.6 is 23.2 Å². The first-order valence-electron chi connectivity index (χ1n) is 6.54. The molecule has 0 aliphatic rings. The normalized spacial score (nSPS) is 16.5. The molecular formula is C15H24Cl2OSi. The lowest BCUT2D eigenvalue weighted by Crippen LogP contribution is -2.49. The molecule has 0 bridgehead atoms. The Morgan fingerprint density at radius 1 is 1.00 bits per heavy atom. The third kappa shape index (κ3) is 3.75. The molecule has 4 heteroatoms. The number of hydrogen-bond donors (Lipinski definition) is 0. The predicted octanol–water partition coefficient (Wildman–Crippen LogP) is 5.73. The summed E-state index contributed by atoms with van der Waals surface area (Å²) in [5.41, 5.74) is 0.350. The van der Waals surface area contributed by atoms with Gasteiger partial charge in [0.05, 0.1) is 0 Å². The lowest BCUT2D eigenvalue weighted by molar-refractivity contribution is 0.0839. The summed E-state index contributed by atoms with van der Waals surface area (Å²) >= 11 is 12.5. The van der Waals surface area contributed by atoms with Crippen molar-refractivity contribution in [2.45, 2.75) is 56.3 Å². The maximum atomic E-state index is 6.51. The lowest BCUT2D eigenvalue weighted by Gasteiger charge is -2.45. The van der Waals surface area contributed by atoms with Gasteiger partial charge < -0.3 is 4.43 Å². The molecule has 0 fully saturated rings. The molecule has 108 valence electrons. The summed E-state index contributed by atoms with van der Waals surface area (Å²) in [6.45, 7) is 13.0. The Morgan fingerprint density at radius 3 is 1.84 bits per heavy atom. The third-order valence-corrected chi connectivity index (χ3v) is 9.42. The van der Waals surface area contributed by atoms with Crippen LogP contribution in [-0.4, -0.2) is 13.2 Å². The zero-order chi connectivity index (χ0) is 14.9. The van der Waals surface area contributed by atoms with Crippen LogP contribution in [0.15, 0.2) is 30.3 Å². The van der Waals surface area contributed by atoms with Crippen LogP contribution in [0.2, 0.25) is 18.1 Å². The Balaban J connectivity index is 3.17. The van der Waals surface area contributed by atoms with Gasteiger partial charge in [0.2, 0.25) is 0 Å². The van der Waals surface area contributed by atoms with E-state index in [2.05, 4.69) is 33.9 Å².